The Bertz CT molecular complexity index is 603. The van der Waals surface area contributed by atoms with E-state index >= 15 is 0 Å². The number of nitrogens with one attached hydrogen (secondary N) is 1. The minimum absolute atomic E-state index is 0.0904. The summed E-state index contributed by atoms with van der Waals surface area (Å²) in [5.74, 6) is 0.619. The zero-order valence-corrected chi connectivity index (χ0v) is 10.8. The number of hydrogen-bond acceptors (Lipinski definition) is 5. The maximum Gasteiger partial charge on any atom is 0.263 e. The van der Waals surface area contributed by atoms with Crippen molar-refractivity contribution < 1.29 is 4.79 Å². The Hall–Kier alpha value is -1.69. The number of rotatable bonds is 2. The molecule has 3 N–H and O–H groups in total. The molecule has 1 aliphatic carbocycles. The molecule has 5 nitrogen and oxygen atoms in total. The molecule has 0 atom stereocenters. The highest BCUT2D eigenvalue weighted by atomic mass is 32.1. The molecule has 1 fully saturated rings. The summed E-state index contributed by atoms with van der Waals surface area (Å²) in [6.45, 7) is 2.19. The number of aromatic nitrogens is 2. The van der Waals surface area contributed by atoms with E-state index in [0.717, 1.165) is 23.1 Å². The van der Waals surface area contributed by atoms with Crippen LogP contribution in [0.1, 0.15) is 29.4 Å². The highest BCUT2D eigenvalue weighted by Gasteiger charge is 2.28. The Morgan fingerprint density at radius 3 is 3.00 bits per heavy atom. The van der Waals surface area contributed by atoms with Crippen molar-refractivity contribution in [1.82, 2.24) is 15.3 Å². The summed E-state index contributed by atoms with van der Waals surface area (Å²) >= 11 is 1.32. The number of nitrogens with zero attached hydrogens (tertiary/aromatic N) is 2. The van der Waals surface area contributed by atoms with Gasteiger partial charge in [-0.3, -0.25) is 4.79 Å². The maximum atomic E-state index is 12.1. The van der Waals surface area contributed by atoms with Gasteiger partial charge in [-0.05, 0) is 18.8 Å². The minimum Gasteiger partial charge on any atom is -0.397 e. The van der Waals surface area contributed by atoms with Gasteiger partial charge in [-0.2, -0.15) is 0 Å². The van der Waals surface area contributed by atoms with Crippen molar-refractivity contribution in [3.63, 3.8) is 0 Å². The second kappa shape index (κ2) is 4.20. The van der Waals surface area contributed by atoms with Crippen LogP contribution in [0.15, 0.2) is 12.5 Å². The lowest BCUT2D eigenvalue weighted by molar-refractivity contribution is 0.0901. The fourth-order valence-electron chi connectivity index (χ4n) is 2.30. The lowest BCUT2D eigenvalue weighted by Gasteiger charge is -2.33. The molecule has 2 heterocycles. The van der Waals surface area contributed by atoms with Crippen LogP contribution in [0, 0.1) is 5.92 Å². The topological polar surface area (TPSA) is 80.9 Å². The third kappa shape index (κ3) is 1.82. The van der Waals surface area contributed by atoms with Gasteiger partial charge in [0, 0.05) is 12.2 Å². The van der Waals surface area contributed by atoms with Crippen molar-refractivity contribution in [3.8, 4) is 0 Å². The average molecular weight is 262 g/mol. The van der Waals surface area contributed by atoms with Crippen molar-refractivity contribution in [2.75, 3.05) is 5.73 Å². The van der Waals surface area contributed by atoms with Crippen LogP contribution in [0.5, 0.6) is 0 Å². The summed E-state index contributed by atoms with van der Waals surface area (Å²) in [6.07, 6.45) is 5.22. The normalized spacial score (nSPS) is 22.7. The van der Waals surface area contributed by atoms with Crippen LogP contribution in [-0.4, -0.2) is 21.9 Å². The monoisotopic (exact) mass is 262 g/mol. The average Bonchev–Trinajstić information content (AvgIpc) is 2.66. The van der Waals surface area contributed by atoms with Crippen LogP contribution in [0.25, 0.3) is 10.2 Å². The highest BCUT2D eigenvalue weighted by molar-refractivity contribution is 7.21. The van der Waals surface area contributed by atoms with Crippen molar-refractivity contribution in [2.45, 2.75) is 25.8 Å². The van der Waals surface area contributed by atoms with E-state index in [4.69, 9.17) is 5.73 Å². The predicted octanol–water partition coefficient (Wildman–Crippen LogP) is 1.80. The molecule has 2 aromatic rings. The van der Waals surface area contributed by atoms with Crippen LogP contribution in [0.4, 0.5) is 5.69 Å². The fourth-order valence-corrected chi connectivity index (χ4v) is 3.24. The zero-order valence-electron chi connectivity index (χ0n) is 10.0. The molecule has 1 aliphatic rings. The number of anilines is 1. The largest absolute Gasteiger partial charge is 0.397 e. The van der Waals surface area contributed by atoms with Crippen molar-refractivity contribution in [3.05, 3.63) is 17.4 Å². The van der Waals surface area contributed by atoms with E-state index < -0.39 is 0 Å². The van der Waals surface area contributed by atoms with Crippen LogP contribution in [0.3, 0.4) is 0 Å². The number of amides is 1. The number of nitrogen functional groups attached to an aromatic ring is 1. The Morgan fingerprint density at radius 1 is 1.56 bits per heavy atom. The van der Waals surface area contributed by atoms with Gasteiger partial charge in [0.25, 0.3) is 5.91 Å². The van der Waals surface area contributed by atoms with E-state index in [-0.39, 0.29) is 5.91 Å². The van der Waals surface area contributed by atoms with Gasteiger partial charge in [0.1, 0.15) is 16.0 Å². The summed E-state index contributed by atoms with van der Waals surface area (Å²) < 4.78 is 0. The molecular formula is C12H14N4OS. The molecule has 0 aromatic carbocycles. The summed E-state index contributed by atoms with van der Waals surface area (Å²) in [5, 5.41) is 3.77. The quantitative estimate of drug-likeness (QED) is 0.864. The number of carbonyl (C=O) groups excluding carboxylic acids is 1. The second-order valence-corrected chi connectivity index (χ2v) is 5.83. The Labute approximate surface area is 108 Å². The van der Waals surface area contributed by atoms with E-state index in [9.17, 15) is 4.79 Å². The van der Waals surface area contributed by atoms with E-state index in [1.807, 2.05) is 0 Å². The molecule has 1 saturated carbocycles. The standard InChI is InChI=1S/C12H14N4OS/c1-6-2-7(3-6)16-11(17)10-9(13)8-4-14-5-15-12(8)18-10/h4-7H,2-3,13H2,1H3,(H,16,17). The first-order valence-corrected chi connectivity index (χ1v) is 6.75. The molecule has 6 heteroatoms. The van der Waals surface area contributed by atoms with Crippen LogP contribution in [-0.2, 0) is 0 Å². The van der Waals surface area contributed by atoms with Crippen molar-refractivity contribution in [1.29, 1.82) is 0 Å². The number of hydrogen-bond donors (Lipinski definition) is 2. The lowest BCUT2D eigenvalue weighted by Crippen LogP contribution is -2.43. The van der Waals surface area contributed by atoms with Gasteiger partial charge >= 0.3 is 0 Å². The summed E-state index contributed by atoms with van der Waals surface area (Å²) in [5.41, 5.74) is 6.46. The Balaban J connectivity index is 1.85. The maximum absolute atomic E-state index is 12.1. The van der Waals surface area contributed by atoms with Crippen molar-refractivity contribution in [2.24, 2.45) is 5.92 Å². The molecule has 0 unspecified atom stereocenters. The fraction of sp³-hybridized carbons (Fsp3) is 0.417. The second-order valence-electron chi connectivity index (χ2n) is 4.83. The summed E-state index contributed by atoms with van der Waals surface area (Å²) in [7, 11) is 0. The van der Waals surface area contributed by atoms with E-state index in [1.54, 1.807) is 6.20 Å². The van der Waals surface area contributed by atoms with Crippen molar-refractivity contribution >= 4 is 33.1 Å². The number of thiophene rings is 1. The first kappa shape index (κ1) is 11.4. The Kier molecular flexibility index (Phi) is 2.66. The molecule has 1 amide bonds. The highest BCUT2D eigenvalue weighted by Crippen LogP contribution is 2.32. The SMILES string of the molecule is CC1CC(NC(=O)c2sc3ncncc3c2N)C1. The lowest BCUT2D eigenvalue weighted by atomic mass is 9.82. The molecule has 3 rings (SSSR count). The van der Waals surface area contributed by atoms with Gasteiger partial charge in [0.15, 0.2) is 0 Å². The number of carbonyl (C=O) groups is 1. The van der Waals surface area contributed by atoms with Crippen LogP contribution < -0.4 is 11.1 Å². The smallest absolute Gasteiger partial charge is 0.263 e. The number of nitrogens with two attached hydrogens (primary N) is 1. The van der Waals surface area contributed by atoms with E-state index in [1.165, 1.54) is 17.7 Å². The number of fused-ring (bicyclic) bond motifs is 1. The zero-order chi connectivity index (χ0) is 12.7. The predicted molar refractivity (Wildman–Crippen MR) is 71.5 cm³/mol. The molecule has 0 radical (unpaired) electrons. The minimum atomic E-state index is -0.0904. The molecule has 0 saturated heterocycles. The van der Waals surface area contributed by atoms with Crippen LogP contribution >= 0.6 is 11.3 Å². The van der Waals surface area contributed by atoms with Gasteiger partial charge in [0.05, 0.1) is 11.1 Å². The molecule has 2 aromatic heterocycles. The molecule has 18 heavy (non-hydrogen) atoms. The van der Waals surface area contributed by atoms with Gasteiger partial charge in [0.2, 0.25) is 0 Å². The summed E-state index contributed by atoms with van der Waals surface area (Å²) in [4.78, 5) is 21.5. The third-order valence-corrected chi connectivity index (χ3v) is 4.45. The van der Waals surface area contributed by atoms with Gasteiger partial charge < -0.3 is 11.1 Å². The first-order chi connectivity index (χ1) is 8.65. The Morgan fingerprint density at radius 2 is 2.33 bits per heavy atom. The molecular weight excluding hydrogens is 248 g/mol. The third-order valence-electron chi connectivity index (χ3n) is 3.32. The van der Waals surface area contributed by atoms with E-state index in [0.29, 0.717) is 22.5 Å². The van der Waals surface area contributed by atoms with Gasteiger partial charge in [-0.1, -0.05) is 6.92 Å². The summed E-state index contributed by atoms with van der Waals surface area (Å²) in [6, 6.07) is 0.295. The first-order valence-electron chi connectivity index (χ1n) is 5.94. The molecule has 94 valence electrons. The molecule has 0 spiro atoms. The van der Waals surface area contributed by atoms with Gasteiger partial charge in [-0.25, -0.2) is 9.97 Å². The molecule has 0 bridgehead atoms. The van der Waals surface area contributed by atoms with Crippen LogP contribution in [0.2, 0.25) is 0 Å². The van der Waals surface area contributed by atoms with E-state index in [2.05, 4.69) is 22.2 Å². The molecule has 0 aliphatic heterocycles. The van der Waals surface area contributed by atoms with Gasteiger partial charge in [-0.15, -0.1) is 11.3 Å².